The number of hydrogen-bond donors (Lipinski definition) is 1. The van der Waals surface area contributed by atoms with Crippen molar-refractivity contribution in [2.24, 2.45) is 0 Å². The van der Waals surface area contributed by atoms with Gasteiger partial charge in [-0.1, -0.05) is 6.58 Å². The quantitative estimate of drug-likeness (QED) is 0.429. The highest BCUT2D eigenvalue weighted by Crippen LogP contribution is 2.10. The largest absolute Gasteiger partial charge is 0.508 e. The predicted molar refractivity (Wildman–Crippen MR) is 47.6 cm³/mol. The van der Waals surface area contributed by atoms with Gasteiger partial charge in [-0.25, -0.2) is 0 Å². The molecule has 0 heterocycles. The second-order valence-corrected chi connectivity index (χ2v) is 2.44. The van der Waals surface area contributed by atoms with Crippen LogP contribution in [0.3, 0.4) is 0 Å². The van der Waals surface area contributed by atoms with Gasteiger partial charge in [0.15, 0.2) is 0 Å². The molecule has 13 heavy (non-hydrogen) atoms. The number of benzene rings is 1. The van der Waals surface area contributed by atoms with Gasteiger partial charge in [0.05, 0.1) is 0 Å². The molecule has 0 amide bonds. The molecule has 0 atom stereocenters. The van der Waals surface area contributed by atoms with Crippen molar-refractivity contribution in [2.75, 3.05) is 0 Å². The van der Waals surface area contributed by atoms with Gasteiger partial charge >= 0.3 is 0 Å². The van der Waals surface area contributed by atoms with E-state index in [1.165, 1.54) is 24.3 Å². The Labute approximate surface area is 75.3 Å². The molecule has 0 bridgehead atoms. The van der Waals surface area contributed by atoms with Gasteiger partial charge in [0, 0.05) is 5.56 Å². The van der Waals surface area contributed by atoms with E-state index in [0.29, 0.717) is 0 Å². The van der Waals surface area contributed by atoms with Gasteiger partial charge < -0.3 is 5.11 Å². The van der Waals surface area contributed by atoms with E-state index in [4.69, 9.17) is 5.11 Å². The topological polar surface area (TPSA) is 54.4 Å². The third kappa shape index (κ3) is 2.02. The van der Waals surface area contributed by atoms with Crippen molar-refractivity contribution in [3.63, 3.8) is 0 Å². The molecule has 3 heteroatoms. The lowest BCUT2D eigenvalue weighted by Crippen LogP contribution is -2.10. The zero-order valence-corrected chi connectivity index (χ0v) is 6.86. The molecule has 0 aromatic heterocycles. The van der Waals surface area contributed by atoms with Crippen molar-refractivity contribution in [1.82, 2.24) is 0 Å². The first kappa shape index (κ1) is 9.19. The highest BCUT2D eigenvalue weighted by molar-refractivity contribution is 6.47. The van der Waals surface area contributed by atoms with Crippen LogP contribution in [-0.2, 0) is 4.79 Å². The molecule has 0 radical (unpaired) electrons. The normalized spacial score (nSPS) is 9.23. The number of phenols is 1. The molecular formula is C10H8O3. The van der Waals surface area contributed by atoms with Gasteiger partial charge in [-0.2, -0.15) is 0 Å². The number of rotatable bonds is 3. The molecule has 0 aliphatic carbocycles. The van der Waals surface area contributed by atoms with Crippen molar-refractivity contribution >= 4 is 11.6 Å². The molecule has 0 fully saturated rings. The summed E-state index contributed by atoms with van der Waals surface area (Å²) in [5, 5.41) is 8.92. The van der Waals surface area contributed by atoms with E-state index in [-0.39, 0.29) is 11.3 Å². The molecule has 0 spiro atoms. The second kappa shape index (κ2) is 3.67. The third-order valence-electron chi connectivity index (χ3n) is 1.54. The maximum Gasteiger partial charge on any atom is 0.232 e. The molecule has 1 aromatic rings. The minimum atomic E-state index is -0.648. The lowest BCUT2D eigenvalue weighted by Gasteiger charge is -1.96. The molecule has 1 N–H and O–H groups in total. The zero-order chi connectivity index (χ0) is 9.84. The van der Waals surface area contributed by atoms with Crippen LogP contribution in [0.5, 0.6) is 5.75 Å². The van der Waals surface area contributed by atoms with Crippen molar-refractivity contribution in [3.8, 4) is 5.75 Å². The highest BCUT2D eigenvalue weighted by Gasteiger charge is 2.11. The predicted octanol–water partition coefficient (Wildman–Crippen LogP) is 1.33. The maximum absolute atomic E-state index is 11.2. The summed E-state index contributed by atoms with van der Waals surface area (Å²) in [6.45, 7) is 3.20. The summed E-state index contributed by atoms with van der Waals surface area (Å²) in [7, 11) is 0. The SMILES string of the molecule is C=CC(=O)C(=O)c1ccc(O)cc1. The molecular weight excluding hydrogens is 168 g/mol. The highest BCUT2D eigenvalue weighted by atomic mass is 16.3. The Morgan fingerprint density at radius 1 is 1.23 bits per heavy atom. The lowest BCUT2D eigenvalue weighted by atomic mass is 10.1. The summed E-state index contributed by atoms with van der Waals surface area (Å²) < 4.78 is 0. The van der Waals surface area contributed by atoms with Crippen LogP contribution in [-0.4, -0.2) is 16.7 Å². The Hall–Kier alpha value is -1.90. The van der Waals surface area contributed by atoms with Crippen LogP contribution in [0.1, 0.15) is 10.4 Å². The van der Waals surface area contributed by atoms with E-state index >= 15 is 0 Å². The molecule has 3 nitrogen and oxygen atoms in total. The summed E-state index contributed by atoms with van der Waals surface area (Å²) in [5.41, 5.74) is 0.253. The number of phenolic OH excluding ortho intramolecular Hbond substituents is 1. The van der Waals surface area contributed by atoms with E-state index < -0.39 is 11.6 Å². The van der Waals surface area contributed by atoms with Crippen molar-refractivity contribution in [2.45, 2.75) is 0 Å². The van der Waals surface area contributed by atoms with Gasteiger partial charge in [0.25, 0.3) is 0 Å². The fraction of sp³-hybridized carbons (Fsp3) is 0. The fourth-order valence-electron chi connectivity index (χ4n) is 0.848. The van der Waals surface area contributed by atoms with Crippen molar-refractivity contribution in [1.29, 1.82) is 0 Å². The Kier molecular flexibility index (Phi) is 2.59. The van der Waals surface area contributed by atoms with E-state index in [0.717, 1.165) is 6.08 Å². The van der Waals surface area contributed by atoms with Crippen LogP contribution in [0.2, 0.25) is 0 Å². The summed E-state index contributed by atoms with van der Waals surface area (Å²) in [6.07, 6.45) is 0.967. The number of ketones is 2. The van der Waals surface area contributed by atoms with E-state index in [9.17, 15) is 9.59 Å². The standard InChI is InChI=1S/C10H8O3/c1-2-9(12)10(13)7-3-5-8(11)6-4-7/h2-6,11H,1H2. The minimum absolute atomic E-state index is 0.0580. The molecule has 0 aliphatic heterocycles. The van der Waals surface area contributed by atoms with Crippen LogP contribution >= 0.6 is 0 Å². The Balaban J connectivity index is 2.96. The van der Waals surface area contributed by atoms with Crippen LogP contribution in [0, 0.1) is 0 Å². The summed E-state index contributed by atoms with van der Waals surface area (Å²) >= 11 is 0. The smallest absolute Gasteiger partial charge is 0.232 e. The Morgan fingerprint density at radius 2 is 1.77 bits per heavy atom. The molecule has 0 unspecified atom stereocenters. The van der Waals surface area contributed by atoms with Crippen LogP contribution in [0.25, 0.3) is 0 Å². The first-order valence-electron chi connectivity index (χ1n) is 3.65. The van der Waals surface area contributed by atoms with E-state index in [1.54, 1.807) is 0 Å². The Bertz CT molecular complexity index is 349. The number of carbonyl (C=O) groups excluding carboxylic acids is 2. The molecule has 0 aliphatic rings. The lowest BCUT2D eigenvalue weighted by molar-refractivity contribution is -0.110. The molecule has 0 saturated heterocycles. The average Bonchev–Trinajstić information content (AvgIpc) is 2.17. The first-order chi connectivity index (χ1) is 6.15. The van der Waals surface area contributed by atoms with Gasteiger partial charge in [0.2, 0.25) is 11.6 Å². The van der Waals surface area contributed by atoms with Crippen molar-refractivity contribution < 1.29 is 14.7 Å². The van der Waals surface area contributed by atoms with Crippen LogP contribution < -0.4 is 0 Å². The maximum atomic E-state index is 11.2. The summed E-state index contributed by atoms with van der Waals surface area (Å²) in [4.78, 5) is 22.1. The second-order valence-electron chi connectivity index (χ2n) is 2.44. The van der Waals surface area contributed by atoms with Crippen molar-refractivity contribution in [3.05, 3.63) is 42.5 Å². The molecule has 66 valence electrons. The summed E-state index contributed by atoms with van der Waals surface area (Å²) in [5.74, 6) is -1.21. The van der Waals surface area contributed by atoms with Crippen LogP contribution in [0.4, 0.5) is 0 Å². The minimum Gasteiger partial charge on any atom is -0.508 e. The number of carbonyl (C=O) groups is 2. The number of hydrogen-bond acceptors (Lipinski definition) is 3. The number of aromatic hydroxyl groups is 1. The zero-order valence-electron chi connectivity index (χ0n) is 6.86. The van der Waals surface area contributed by atoms with Crippen LogP contribution in [0.15, 0.2) is 36.9 Å². The third-order valence-corrected chi connectivity index (χ3v) is 1.54. The molecule has 0 saturated carbocycles. The van der Waals surface area contributed by atoms with Gasteiger partial charge in [-0.15, -0.1) is 0 Å². The Morgan fingerprint density at radius 3 is 2.23 bits per heavy atom. The average molecular weight is 176 g/mol. The van der Waals surface area contributed by atoms with E-state index in [2.05, 4.69) is 6.58 Å². The van der Waals surface area contributed by atoms with E-state index in [1.807, 2.05) is 0 Å². The van der Waals surface area contributed by atoms with Gasteiger partial charge in [-0.3, -0.25) is 9.59 Å². The fourth-order valence-corrected chi connectivity index (χ4v) is 0.848. The van der Waals surface area contributed by atoms with Gasteiger partial charge in [0.1, 0.15) is 5.75 Å². The monoisotopic (exact) mass is 176 g/mol. The summed E-state index contributed by atoms with van der Waals surface area (Å²) in [6, 6.07) is 5.48. The molecule has 1 aromatic carbocycles. The first-order valence-corrected chi connectivity index (χ1v) is 3.65. The molecule has 1 rings (SSSR count). The number of Topliss-reactive ketones (excluding diaryl/α,β-unsaturated/α-hetero) is 1. The van der Waals surface area contributed by atoms with Gasteiger partial charge in [-0.05, 0) is 30.3 Å². The number of allylic oxidation sites excluding steroid dienone is 1.